The average Bonchev–Trinajstić information content (AvgIpc) is 2.61. The van der Waals surface area contributed by atoms with Gasteiger partial charge in [-0.1, -0.05) is 6.07 Å². The van der Waals surface area contributed by atoms with Crippen LogP contribution in [0.4, 0.5) is 13.2 Å². The van der Waals surface area contributed by atoms with Gasteiger partial charge in [-0.25, -0.2) is 4.98 Å². The summed E-state index contributed by atoms with van der Waals surface area (Å²) in [5.74, 6) is 0. The van der Waals surface area contributed by atoms with E-state index in [9.17, 15) is 13.2 Å². The van der Waals surface area contributed by atoms with Gasteiger partial charge in [0.1, 0.15) is 11.3 Å². The summed E-state index contributed by atoms with van der Waals surface area (Å²) in [5, 5.41) is 0. The number of aromatic nitrogens is 2. The van der Waals surface area contributed by atoms with E-state index in [1.54, 1.807) is 0 Å². The van der Waals surface area contributed by atoms with Crippen LogP contribution in [0.3, 0.4) is 0 Å². The maximum Gasteiger partial charge on any atom is 0.431 e. The van der Waals surface area contributed by atoms with Crippen molar-refractivity contribution >= 4 is 5.65 Å². The predicted octanol–water partition coefficient (Wildman–Crippen LogP) is 1.85. The fraction of sp³-hybridized carbons (Fsp3) is 0.300. The molecule has 0 atom stereocenters. The Morgan fingerprint density at radius 2 is 2.06 bits per heavy atom. The molecule has 0 unspecified atom stereocenters. The largest absolute Gasteiger partial charge is 0.431 e. The normalized spacial score (nSPS) is 12.2. The molecular formula is C10H10F3N3. The second kappa shape index (κ2) is 3.79. The molecule has 0 aliphatic carbocycles. The summed E-state index contributed by atoms with van der Waals surface area (Å²) in [4.78, 5) is 3.92. The number of nitrogens with zero attached hydrogens (tertiary/aromatic N) is 2. The topological polar surface area (TPSA) is 43.3 Å². The first kappa shape index (κ1) is 10.9. The van der Waals surface area contributed by atoms with Gasteiger partial charge in [0.05, 0.1) is 0 Å². The number of alkyl halides is 3. The molecule has 2 N–H and O–H groups in total. The van der Waals surface area contributed by atoms with Crippen LogP contribution in [0.5, 0.6) is 0 Å². The van der Waals surface area contributed by atoms with Crippen LogP contribution in [-0.2, 0) is 12.6 Å². The number of halogens is 3. The second-order valence-corrected chi connectivity index (χ2v) is 3.39. The highest BCUT2D eigenvalue weighted by molar-refractivity contribution is 5.43. The van der Waals surface area contributed by atoms with Crippen LogP contribution in [0.15, 0.2) is 24.4 Å². The standard InChI is InChI=1S/C10H10F3N3/c11-10(12,13)8-2-1-3-9-15-6-7(4-5-14)16(8)9/h1-3,6H,4-5,14H2. The first-order chi connectivity index (χ1) is 7.54. The van der Waals surface area contributed by atoms with Gasteiger partial charge in [0.25, 0.3) is 0 Å². The second-order valence-electron chi connectivity index (χ2n) is 3.39. The Bertz CT molecular complexity index is 501. The van der Waals surface area contributed by atoms with Crippen molar-refractivity contribution in [1.29, 1.82) is 0 Å². The number of hydrogen-bond acceptors (Lipinski definition) is 2. The molecule has 6 heteroatoms. The summed E-state index contributed by atoms with van der Waals surface area (Å²) in [6.45, 7) is 0.292. The number of imidazole rings is 1. The van der Waals surface area contributed by atoms with E-state index in [0.717, 1.165) is 10.5 Å². The summed E-state index contributed by atoms with van der Waals surface area (Å²) in [6, 6.07) is 3.92. The van der Waals surface area contributed by atoms with Crippen LogP contribution in [-0.4, -0.2) is 15.9 Å². The molecule has 0 radical (unpaired) electrons. The van der Waals surface area contributed by atoms with E-state index < -0.39 is 11.9 Å². The first-order valence-corrected chi connectivity index (χ1v) is 4.76. The summed E-state index contributed by atoms with van der Waals surface area (Å²) >= 11 is 0. The molecule has 3 nitrogen and oxygen atoms in total. The quantitative estimate of drug-likeness (QED) is 0.854. The lowest BCUT2D eigenvalue weighted by molar-refractivity contribution is -0.142. The number of rotatable bonds is 2. The molecular weight excluding hydrogens is 219 g/mol. The highest BCUT2D eigenvalue weighted by atomic mass is 19.4. The lowest BCUT2D eigenvalue weighted by Crippen LogP contribution is -2.14. The van der Waals surface area contributed by atoms with E-state index in [1.807, 2.05) is 0 Å². The Labute approximate surface area is 89.7 Å². The molecule has 2 aromatic heterocycles. The number of hydrogen-bond donors (Lipinski definition) is 1. The van der Waals surface area contributed by atoms with Gasteiger partial charge < -0.3 is 5.73 Å². The molecule has 86 valence electrons. The maximum absolute atomic E-state index is 12.7. The molecule has 2 rings (SSSR count). The fourth-order valence-corrected chi connectivity index (χ4v) is 1.64. The van der Waals surface area contributed by atoms with E-state index in [4.69, 9.17) is 5.73 Å². The molecule has 0 bridgehead atoms. The van der Waals surface area contributed by atoms with Crippen molar-refractivity contribution in [1.82, 2.24) is 9.38 Å². The average molecular weight is 229 g/mol. The maximum atomic E-state index is 12.7. The Hall–Kier alpha value is -1.56. The number of nitrogens with two attached hydrogens (primary N) is 1. The minimum absolute atomic E-state index is 0.290. The molecule has 0 aromatic carbocycles. The van der Waals surface area contributed by atoms with E-state index in [2.05, 4.69) is 4.98 Å². The number of pyridine rings is 1. The minimum atomic E-state index is -4.39. The molecule has 0 saturated carbocycles. The number of fused-ring (bicyclic) bond motifs is 1. The van der Waals surface area contributed by atoms with Gasteiger partial charge in [0, 0.05) is 18.3 Å². The lowest BCUT2D eigenvalue weighted by atomic mass is 10.3. The fourth-order valence-electron chi connectivity index (χ4n) is 1.64. The van der Waals surface area contributed by atoms with Gasteiger partial charge in [0.15, 0.2) is 0 Å². The minimum Gasteiger partial charge on any atom is -0.330 e. The van der Waals surface area contributed by atoms with E-state index in [1.165, 1.54) is 18.3 Å². The third kappa shape index (κ3) is 1.76. The van der Waals surface area contributed by atoms with Crippen molar-refractivity contribution in [3.8, 4) is 0 Å². The molecule has 0 aliphatic rings. The Kier molecular flexibility index (Phi) is 2.59. The van der Waals surface area contributed by atoms with Crippen molar-refractivity contribution in [2.75, 3.05) is 6.54 Å². The van der Waals surface area contributed by atoms with Crippen LogP contribution in [0.25, 0.3) is 5.65 Å². The summed E-state index contributed by atoms with van der Waals surface area (Å²) in [5.41, 5.74) is 5.40. The Morgan fingerprint density at radius 3 is 2.69 bits per heavy atom. The van der Waals surface area contributed by atoms with Crippen LogP contribution in [0.1, 0.15) is 11.4 Å². The zero-order valence-electron chi connectivity index (χ0n) is 8.33. The summed E-state index contributed by atoms with van der Waals surface area (Å²) in [6.07, 6.45) is -2.59. The van der Waals surface area contributed by atoms with Gasteiger partial charge in [0.2, 0.25) is 0 Å². The Morgan fingerprint density at radius 1 is 1.31 bits per heavy atom. The van der Waals surface area contributed by atoms with Crippen molar-refractivity contribution in [3.63, 3.8) is 0 Å². The molecule has 0 saturated heterocycles. The van der Waals surface area contributed by atoms with E-state index in [0.29, 0.717) is 24.3 Å². The lowest BCUT2D eigenvalue weighted by Gasteiger charge is -2.11. The predicted molar refractivity (Wildman–Crippen MR) is 53.0 cm³/mol. The van der Waals surface area contributed by atoms with Gasteiger partial charge >= 0.3 is 6.18 Å². The highest BCUT2D eigenvalue weighted by Gasteiger charge is 2.33. The van der Waals surface area contributed by atoms with Crippen LogP contribution >= 0.6 is 0 Å². The van der Waals surface area contributed by atoms with Gasteiger partial charge in [-0.2, -0.15) is 13.2 Å². The first-order valence-electron chi connectivity index (χ1n) is 4.76. The van der Waals surface area contributed by atoms with Gasteiger partial charge in [-0.05, 0) is 18.7 Å². The summed E-state index contributed by atoms with van der Waals surface area (Å²) < 4.78 is 39.3. The third-order valence-corrected chi connectivity index (χ3v) is 2.29. The van der Waals surface area contributed by atoms with Crippen molar-refractivity contribution in [2.45, 2.75) is 12.6 Å². The Balaban J connectivity index is 2.68. The van der Waals surface area contributed by atoms with E-state index >= 15 is 0 Å². The summed E-state index contributed by atoms with van der Waals surface area (Å²) in [7, 11) is 0. The van der Waals surface area contributed by atoms with Crippen LogP contribution in [0, 0.1) is 0 Å². The zero-order chi connectivity index (χ0) is 11.8. The van der Waals surface area contributed by atoms with Crippen LogP contribution < -0.4 is 5.73 Å². The smallest absolute Gasteiger partial charge is 0.330 e. The third-order valence-electron chi connectivity index (χ3n) is 2.29. The van der Waals surface area contributed by atoms with Crippen molar-refractivity contribution in [3.05, 3.63) is 35.8 Å². The van der Waals surface area contributed by atoms with E-state index in [-0.39, 0.29) is 0 Å². The van der Waals surface area contributed by atoms with Crippen molar-refractivity contribution in [2.24, 2.45) is 5.73 Å². The molecule has 2 aromatic rings. The molecule has 0 aliphatic heterocycles. The highest BCUT2D eigenvalue weighted by Crippen LogP contribution is 2.30. The molecule has 2 heterocycles. The van der Waals surface area contributed by atoms with Gasteiger partial charge in [-0.3, -0.25) is 4.40 Å². The molecule has 16 heavy (non-hydrogen) atoms. The molecule has 0 amide bonds. The van der Waals surface area contributed by atoms with Crippen molar-refractivity contribution < 1.29 is 13.2 Å². The monoisotopic (exact) mass is 229 g/mol. The van der Waals surface area contributed by atoms with Crippen LogP contribution in [0.2, 0.25) is 0 Å². The zero-order valence-corrected chi connectivity index (χ0v) is 8.33. The van der Waals surface area contributed by atoms with Gasteiger partial charge in [-0.15, -0.1) is 0 Å². The molecule has 0 fully saturated rings. The molecule has 0 spiro atoms. The SMILES string of the molecule is NCCc1cnc2cccc(C(F)(F)F)n12.